The van der Waals surface area contributed by atoms with Gasteiger partial charge in [0.1, 0.15) is 0 Å². The Kier molecular flexibility index (Phi) is 5.91. The topological polar surface area (TPSA) is 83.7 Å². The van der Waals surface area contributed by atoms with Crippen LogP contribution < -0.4 is 5.73 Å². The van der Waals surface area contributed by atoms with Crippen LogP contribution in [0.3, 0.4) is 0 Å². The third-order valence-corrected chi connectivity index (χ3v) is 5.38. The number of halogens is 2. The fraction of sp³-hybridized carbons (Fsp3) is 0.471. The molecular weight excluding hydrogens is 410 g/mol. The first-order valence-corrected chi connectivity index (χ1v) is 8.77. The first-order chi connectivity index (χ1) is 11.3. The number of fused-ring (bicyclic) bond motifs is 1. The van der Waals surface area contributed by atoms with Crippen LogP contribution in [-0.2, 0) is 4.79 Å². The predicted molar refractivity (Wildman–Crippen MR) is 99.7 cm³/mol. The summed E-state index contributed by atoms with van der Waals surface area (Å²) < 4.78 is 0.749. The maximum atomic E-state index is 12.4. The van der Waals surface area contributed by atoms with Crippen molar-refractivity contribution in [3.8, 4) is 0 Å². The predicted octanol–water partition coefficient (Wildman–Crippen LogP) is 2.05. The summed E-state index contributed by atoms with van der Waals surface area (Å²) in [5, 5.41) is 0. The van der Waals surface area contributed by atoms with Crippen LogP contribution in [0.1, 0.15) is 40.5 Å². The van der Waals surface area contributed by atoms with Crippen LogP contribution in [0.25, 0.3) is 0 Å². The minimum atomic E-state index is -0.336. The quantitative estimate of drug-likeness (QED) is 0.741. The van der Waals surface area contributed by atoms with Gasteiger partial charge in [-0.3, -0.25) is 19.3 Å². The molecule has 0 radical (unpaired) electrons. The second-order valence-corrected chi connectivity index (χ2v) is 7.70. The summed E-state index contributed by atoms with van der Waals surface area (Å²) in [4.78, 5) is 40.0. The van der Waals surface area contributed by atoms with Gasteiger partial charge in [-0.1, -0.05) is 22.9 Å². The molecule has 2 aliphatic heterocycles. The molecule has 1 unspecified atom stereocenters. The third kappa shape index (κ3) is 3.73. The third-order valence-electron chi connectivity index (χ3n) is 4.89. The van der Waals surface area contributed by atoms with E-state index in [1.165, 1.54) is 0 Å². The minimum Gasteiger partial charge on any atom is -0.342 e. The van der Waals surface area contributed by atoms with Crippen molar-refractivity contribution in [3.05, 3.63) is 33.8 Å². The highest BCUT2D eigenvalue weighted by atomic mass is 79.9. The Hall–Kier alpha value is -1.44. The van der Waals surface area contributed by atoms with E-state index in [1.807, 2.05) is 0 Å². The maximum absolute atomic E-state index is 12.4. The molecular formula is C17H21BrClN3O3. The summed E-state index contributed by atoms with van der Waals surface area (Å²) in [6.45, 7) is 4.05. The molecule has 3 rings (SSSR count). The number of carbonyl (C=O) groups excluding carboxylic acids is 3. The van der Waals surface area contributed by atoms with Crippen LogP contribution in [0.15, 0.2) is 22.7 Å². The summed E-state index contributed by atoms with van der Waals surface area (Å²) in [6, 6.07) is 5.01. The fourth-order valence-corrected chi connectivity index (χ4v) is 3.60. The van der Waals surface area contributed by atoms with Crippen LogP contribution in [0, 0.1) is 5.41 Å². The van der Waals surface area contributed by atoms with Crippen molar-refractivity contribution < 1.29 is 14.4 Å². The lowest BCUT2D eigenvalue weighted by Crippen LogP contribution is -2.37. The molecule has 2 N–H and O–H groups in total. The Labute approximate surface area is 161 Å². The van der Waals surface area contributed by atoms with Gasteiger partial charge in [0, 0.05) is 30.5 Å². The van der Waals surface area contributed by atoms with Crippen molar-refractivity contribution in [2.75, 3.05) is 26.2 Å². The van der Waals surface area contributed by atoms with Gasteiger partial charge in [-0.15, -0.1) is 12.4 Å². The summed E-state index contributed by atoms with van der Waals surface area (Å²) in [7, 11) is 0. The summed E-state index contributed by atoms with van der Waals surface area (Å²) in [5.74, 6) is -0.703. The van der Waals surface area contributed by atoms with E-state index in [1.54, 1.807) is 23.1 Å². The molecule has 0 saturated carbocycles. The molecule has 25 heavy (non-hydrogen) atoms. The van der Waals surface area contributed by atoms with Crippen LogP contribution in [0.2, 0.25) is 0 Å². The van der Waals surface area contributed by atoms with Gasteiger partial charge < -0.3 is 10.6 Å². The van der Waals surface area contributed by atoms with Gasteiger partial charge in [0.2, 0.25) is 5.91 Å². The number of hydrogen-bond acceptors (Lipinski definition) is 4. The second kappa shape index (κ2) is 7.43. The first kappa shape index (κ1) is 19.9. The summed E-state index contributed by atoms with van der Waals surface area (Å²) >= 11 is 3.30. The second-order valence-electron chi connectivity index (χ2n) is 6.78. The van der Waals surface area contributed by atoms with E-state index in [4.69, 9.17) is 5.73 Å². The van der Waals surface area contributed by atoms with Gasteiger partial charge in [0.05, 0.1) is 11.1 Å². The molecule has 6 nitrogen and oxygen atoms in total. The standard InChI is InChI=1S/C17H20BrN3O3.ClH/c1-17(9-19)5-7-20(10-17)14(22)4-6-21-15(23)12-3-2-11(18)8-13(12)16(21)24;/h2-3,8H,4-7,9-10,19H2,1H3;1H. The van der Waals surface area contributed by atoms with Gasteiger partial charge in [0.25, 0.3) is 11.8 Å². The van der Waals surface area contributed by atoms with Gasteiger partial charge >= 0.3 is 0 Å². The van der Waals surface area contributed by atoms with Crippen molar-refractivity contribution in [2.45, 2.75) is 19.8 Å². The molecule has 3 amide bonds. The zero-order valence-corrected chi connectivity index (χ0v) is 16.4. The van der Waals surface area contributed by atoms with E-state index in [0.717, 1.165) is 15.8 Å². The van der Waals surface area contributed by atoms with Crippen molar-refractivity contribution in [2.24, 2.45) is 11.1 Å². The van der Waals surface area contributed by atoms with Crippen molar-refractivity contribution in [1.29, 1.82) is 0 Å². The van der Waals surface area contributed by atoms with Crippen LogP contribution >= 0.6 is 28.3 Å². The Bertz CT molecular complexity index is 727. The molecule has 1 atom stereocenters. The number of imide groups is 1. The van der Waals surface area contributed by atoms with E-state index in [9.17, 15) is 14.4 Å². The lowest BCUT2D eigenvalue weighted by Gasteiger charge is -2.23. The Morgan fingerprint density at radius 2 is 1.96 bits per heavy atom. The Morgan fingerprint density at radius 1 is 1.28 bits per heavy atom. The Balaban J connectivity index is 0.00000225. The summed E-state index contributed by atoms with van der Waals surface area (Å²) in [6.07, 6.45) is 1.03. The molecule has 0 bridgehead atoms. The van der Waals surface area contributed by atoms with E-state index in [0.29, 0.717) is 30.8 Å². The molecule has 0 aromatic heterocycles. The number of rotatable bonds is 4. The maximum Gasteiger partial charge on any atom is 0.261 e. The van der Waals surface area contributed by atoms with Crippen LogP contribution in [0.4, 0.5) is 0 Å². The van der Waals surface area contributed by atoms with E-state index < -0.39 is 0 Å². The zero-order chi connectivity index (χ0) is 17.5. The number of amides is 3. The molecule has 0 spiro atoms. The molecule has 8 heteroatoms. The molecule has 1 aromatic carbocycles. The van der Waals surface area contributed by atoms with Crippen molar-refractivity contribution >= 4 is 46.1 Å². The smallest absolute Gasteiger partial charge is 0.261 e. The lowest BCUT2D eigenvalue weighted by atomic mass is 9.90. The number of hydrogen-bond donors (Lipinski definition) is 1. The number of nitrogens with two attached hydrogens (primary N) is 1. The highest BCUT2D eigenvalue weighted by Crippen LogP contribution is 2.29. The fourth-order valence-electron chi connectivity index (χ4n) is 3.23. The number of benzene rings is 1. The van der Waals surface area contributed by atoms with Gasteiger partial charge in [-0.25, -0.2) is 0 Å². The normalized spacial score (nSPS) is 22.2. The monoisotopic (exact) mass is 429 g/mol. The van der Waals surface area contributed by atoms with Gasteiger partial charge in [-0.2, -0.15) is 0 Å². The van der Waals surface area contributed by atoms with Crippen LogP contribution in [0.5, 0.6) is 0 Å². The number of likely N-dealkylation sites (tertiary alicyclic amines) is 1. The van der Waals surface area contributed by atoms with E-state index in [-0.39, 0.29) is 48.5 Å². The zero-order valence-electron chi connectivity index (χ0n) is 14.0. The minimum absolute atomic E-state index is 0. The summed E-state index contributed by atoms with van der Waals surface area (Å²) in [5.41, 5.74) is 6.52. The SMILES string of the molecule is CC1(CN)CCN(C(=O)CCN2C(=O)c3ccc(Br)cc3C2=O)C1.Cl. The largest absolute Gasteiger partial charge is 0.342 e. The highest BCUT2D eigenvalue weighted by Gasteiger charge is 2.37. The molecule has 1 fully saturated rings. The lowest BCUT2D eigenvalue weighted by molar-refractivity contribution is -0.130. The van der Waals surface area contributed by atoms with E-state index >= 15 is 0 Å². The highest BCUT2D eigenvalue weighted by molar-refractivity contribution is 9.10. The molecule has 1 aromatic rings. The van der Waals surface area contributed by atoms with Gasteiger partial charge in [0.15, 0.2) is 0 Å². The van der Waals surface area contributed by atoms with Gasteiger partial charge in [-0.05, 0) is 36.6 Å². The Morgan fingerprint density at radius 3 is 2.60 bits per heavy atom. The number of nitrogens with zero attached hydrogens (tertiary/aromatic N) is 2. The molecule has 0 aliphatic carbocycles. The average molecular weight is 431 g/mol. The van der Waals surface area contributed by atoms with Crippen LogP contribution in [-0.4, -0.2) is 53.7 Å². The first-order valence-electron chi connectivity index (χ1n) is 7.98. The number of carbonyl (C=O) groups is 3. The van der Waals surface area contributed by atoms with Crippen molar-refractivity contribution in [3.63, 3.8) is 0 Å². The van der Waals surface area contributed by atoms with Crippen molar-refractivity contribution in [1.82, 2.24) is 9.80 Å². The molecule has 1 saturated heterocycles. The average Bonchev–Trinajstić information content (AvgIpc) is 3.06. The molecule has 2 heterocycles. The molecule has 136 valence electrons. The molecule has 2 aliphatic rings. The van der Waals surface area contributed by atoms with E-state index in [2.05, 4.69) is 22.9 Å².